The molecule has 0 bridgehead atoms. The predicted molar refractivity (Wildman–Crippen MR) is 108 cm³/mol. The molecular weight excluding hydrogens is 370 g/mol. The number of nitrogens with one attached hydrogen (secondary N) is 2. The summed E-state index contributed by atoms with van der Waals surface area (Å²) in [6.07, 6.45) is 4.48. The van der Waals surface area contributed by atoms with E-state index in [2.05, 4.69) is 10.6 Å². The Balaban J connectivity index is 1.27. The minimum absolute atomic E-state index is 0.0164. The van der Waals surface area contributed by atoms with Crippen molar-refractivity contribution in [3.8, 4) is 11.3 Å². The van der Waals surface area contributed by atoms with Crippen LogP contribution < -0.4 is 10.6 Å². The zero-order valence-electron chi connectivity index (χ0n) is 16.0. The second-order valence-corrected chi connectivity index (χ2v) is 7.05. The van der Waals surface area contributed by atoms with E-state index < -0.39 is 0 Å². The van der Waals surface area contributed by atoms with Crippen molar-refractivity contribution >= 4 is 17.6 Å². The molecule has 0 aliphatic carbocycles. The van der Waals surface area contributed by atoms with Gasteiger partial charge in [0.15, 0.2) is 0 Å². The van der Waals surface area contributed by atoms with E-state index in [1.54, 1.807) is 23.5 Å². The summed E-state index contributed by atoms with van der Waals surface area (Å²) in [5, 5.41) is 5.83. The first-order valence-electron chi connectivity index (χ1n) is 9.69. The molecule has 7 nitrogen and oxygen atoms in total. The first kappa shape index (κ1) is 18.9. The van der Waals surface area contributed by atoms with E-state index in [1.165, 1.54) is 0 Å². The Morgan fingerprint density at radius 2 is 1.79 bits per heavy atom. The Labute approximate surface area is 168 Å². The van der Waals surface area contributed by atoms with Crippen LogP contribution in [0.4, 0.5) is 10.5 Å². The molecule has 29 heavy (non-hydrogen) atoms. The number of piperidine rings is 1. The zero-order valence-corrected chi connectivity index (χ0v) is 16.0. The van der Waals surface area contributed by atoms with Gasteiger partial charge < -0.3 is 24.4 Å². The minimum Gasteiger partial charge on any atom is -0.467 e. The van der Waals surface area contributed by atoms with E-state index in [-0.39, 0.29) is 17.9 Å². The third-order valence-electron chi connectivity index (χ3n) is 5.08. The Kier molecular flexibility index (Phi) is 5.65. The van der Waals surface area contributed by atoms with E-state index in [9.17, 15) is 9.59 Å². The van der Waals surface area contributed by atoms with E-state index >= 15 is 0 Å². The average Bonchev–Trinajstić information content (AvgIpc) is 3.46. The van der Waals surface area contributed by atoms with E-state index in [0.717, 1.165) is 17.0 Å². The highest BCUT2D eigenvalue weighted by atomic mass is 16.3. The quantitative estimate of drug-likeness (QED) is 0.683. The monoisotopic (exact) mass is 393 g/mol. The van der Waals surface area contributed by atoms with Crippen LogP contribution in [0.2, 0.25) is 0 Å². The van der Waals surface area contributed by atoms with E-state index in [1.807, 2.05) is 42.5 Å². The number of carbonyl (C=O) groups excluding carboxylic acids is 2. The lowest BCUT2D eigenvalue weighted by Crippen LogP contribution is -2.45. The molecule has 4 rings (SSSR count). The first-order valence-corrected chi connectivity index (χ1v) is 9.69. The zero-order chi connectivity index (χ0) is 20.1. The van der Waals surface area contributed by atoms with Crippen molar-refractivity contribution < 1.29 is 18.4 Å². The van der Waals surface area contributed by atoms with Gasteiger partial charge in [0.2, 0.25) is 5.91 Å². The van der Waals surface area contributed by atoms with Gasteiger partial charge >= 0.3 is 6.03 Å². The Bertz CT molecular complexity index is 942. The number of likely N-dealkylation sites (tertiary alicyclic amines) is 1. The SMILES string of the molecule is O=C(Nc1cccc(-c2ccco2)c1)C1CCN(C(=O)NCc2ccco2)CC1. The van der Waals surface area contributed by atoms with Crippen LogP contribution in [0.15, 0.2) is 69.9 Å². The van der Waals surface area contributed by atoms with Crippen LogP contribution in [0.1, 0.15) is 18.6 Å². The maximum absolute atomic E-state index is 12.7. The number of benzene rings is 1. The Morgan fingerprint density at radius 3 is 2.52 bits per heavy atom. The van der Waals surface area contributed by atoms with Crippen molar-refractivity contribution in [2.75, 3.05) is 18.4 Å². The van der Waals surface area contributed by atoms with Crippen molar-refractivity contribution in [1.29, 1.82) is 0 Å². The number of hydrogen-bond acceptors (Lipinski definition) is 4. The van der Waals surface area contributed by atoms with Crippen molar-refractivity contribution in [1.82, 2.24) is 10.2 Å². The van der Waals surface area contributed by atoms with Gasteiger partial charge in [-0.3, -0.25) is 4.79 Å². The molecule has 0 unspecified atom stereocenters. The van der Waals surface area contributed by atoms with Crippen LogP contribution >= 0.6 is 0 Å². The standard InChI is InChI=1S/C22H23N3O4/c26-21(24-18-5-1-4-17(14-18)20-7-3-13-29-20)16-8-10-25(11-9-16)22(27)23-15-19-6-2-12-28-19/h1-7,12-14,16H,8-11,15H2,(H,23,27)(H,24,26). The van der Waals surface area contributed by atoms with Gasteiger partial charge in [0, 0.05) is 30.3 Å². The highest BCUT2D eigenvalue weighted by molar-refractivity contribution is 5.93. The minimum atomic E-state index is -0.133. The number of rotatable bonds is 5. The lowest BCUT2D eigenvalue weighted by molar-refractivity contribution is -0.121. The average molecular weight is 393 g/mol. The van der Waals surface area contributed by atoms with E-state index in [4.69, 9.17) is 8.83 Å². The molecule has 7 heteroatoms. The summed E-state index contributed by atoms with van der Waals surface area (Å²) in [4.78, 5) is 26.7. The van der Waals surface area contributed by atoms with Gasteiger partial charge in [-0.05, 0) is 49.2 Å². The highest BCUT2D eigenvalue weighted by Gasteiger charge is 2.27. The fourth-order valence-corrected chi connectivity index (χ4v) is 3.47. The molecule has 1 saturated heterocycles. The maximum Gasteiger partial charge on any atom is 0.317 e. The van der Waals surface area contributed by atoms with Crippen molar-refractivity contribution in [2.45, 2.75) is 19.4 Å². The molecule has 3 amide bonds. The van der Waals surface area contributed by atoms with Crippen molar-refractivity contribution in [3.63, 3.8) is 0 Å². The molecule has 0 radical (unpaired) electrons. The fourth-order valence-electron chi connectivity index (χ4n) is 3.47. The number of nitrogens with zero attached hydrogens (tertiary/aromatic N) is 1. The topological polar surface area (TPSA) is 87.7 Å². The lowest BCUT2D eigenvalue weighted by Gasteiger charge is -2.31. The highest BCUT2D eigenvalue weighted by Crippen LogP contribution is 2.24. The van der Waals surface area contributed by atoms with Gasteiger partial charge in [0.25, 0.3) is 0 Å². The van der Waals surface area contributed by atoms with Crippen molar-refractivity contribution in [3.05, 3.63) is 66.8 Å². The van der Waals surface area contributed by atoms with Crippen LogP contribution in [0.25, 0.3) is 11.3 Å². The summed E-state index contributed by atoms with van der Waals surface area (Å²) >= 11 is 0. The smallest absolute Gasteiger partial charge is 0.317 e. The molecule has 0 atom stereocenters. The molecule has 1 aliphatic heterocycles. The summed E-state index contributed by atoms with van der Waals surface area (Å²) in [7, 11) is 0. The Morgan fingerprint density at radius 1 is 1.00 bits per heavy atom. The molecule has 2 N–H and O–H groups in total. The van der Waals surface area contributed by atoms with Gasteiger partial charge in [-0.25, -0.2) is 4.79 Å². The van der Waals surface area contributed by atoms with Gasteiger partial charge in [0.05, 0.1) is 19.1 Å². The lowest BCUT2D eigenvalue weighted by atomic mass is 9.96. The van der Waals surface area contributed by atoms with Crippen LogP contribution in [-0.4, -0.2) is 29.9 Å². The normalized spacial score (nSPS) is 14.6. The molecule has 1 aliphatic rings. The maximum atomic E-state index is 12.7. The predicted octanol–water partition coefficient (Wildman–Crippen LogP) is 4.10. The van der Waals surface area contributed by atoms with Crippen LogP contribution in [0, 0.1) is 5.92 Å². The summed E-state index contributed by atoms with van der Waals surface area (Å²) < 4.78 is 10.6. The Hall–Kier alpha value is -3.48. The molecule has 1 fully saturated rings. The van der Waals surface area contributed by atoms with Crippen LogP contribution in [-0.2, 0) is 11.3 Å². The second kappa shape index (κ2) is 8.68. The largest absolute Gasteiger partial charge is 0.467 e. The third-order valence-corrected chi connectivity index (χ3v) is 5.08. The molecule has 2 aromatic heterocycles. The van der Waals surface area contributed by atoms with Crippen LogP contribution in [0.3, 0.4) is 0 Å². The third kappa shape index (κ3) is 4.68. The number of hydrogen-bond donors (Lipinski definition) is 2. The molecule has 3 aromatic rings. The molecule has 150 valence electrons. The van der Waals surface area contributed by atoms with E-state index in [0.29, 0.717) is 38.2 Å². The van der Waals surface area contributed by atoms with Gasteiger partial charge in [0.1, 0.15) is 11.5 Å². The summed E-state index contributed by atoms with van der Waals surface area (Å²) in [5.41, 5.74) is 1.65. The van der Waals surface area contributed by atoms with Crippen LogP contribution in [0.5, 0.6) is 0 Å². The molecule has 0 spiro atoms. The van der Waals surface area contributed by atoms with Gasteiger partial charge in [-0.15, -0.1) is 0 Å². The molecular formula is C22H23N3O4. The van der Waals surface area contributed by atoms with Crippen molar-refractivity contribution in [2.24, 2.45) is 5.92 Å². The van der Waals surface area contributed by atoms with Gasteiger partial charge in [-0.2, -0.15) is 0 Å². The number of furan rings is 2. The van der Waals surface area contributed by atoms with Gasteiger partial charge in [-0.1, -0.05) is 12.1 Å². The molecule has 0 saturated carbocycles. The number of carbonyl (C=O) groups is 2. The first-order chi connectivity index (χ1) is 14.2. The second-order valence-electron chi connectivity index (χ2n) is 7.05. The molecule has 1 aromatic carbocycles. The number of urea groups is 1. The summed E-state index contributed by atoms with van der Waals surface area (Å²) in [5.74, 6) is 1.34. The number of amides is 3. The number of anilines is 1. The summed E-state index contributed by atoms with van der Waals surface area (Å²) in [6, 6.07) is 14.8. The fraction of sp³-hybridized carbons (Fsp3) is 0.273. The summed E-state index contributed by atoms with van der Waals surface area (Å²) in [6.45, 7) is 1.46. The molecule has 3 heterocycles.